The number of aliphatic hydroxyl groups excluding tert-OH is 1. The fourth-order valence-corrected chi connectivity index (χ4v) is 4.17. The standard InChI is InChI=1S/C25H26N2O3S/c1-25(2,3)17-10-12-19(13-11-17)30-16-18(28)15-27-24(29)21-8-5-4-7-20(21)23(26-27)22-9-6-14-31-22/h4-14,18,28H,15-16H2,1-3H3. The van der Waals surface area contributed by atoms with Gasteiger partial charge in [-0.05, 0) is 40.6 Å². The molecule has 0 saturated carbocycles. The second-order valence-corrected chi connectivity index (χ2v) is 9.55. The summed E-state index contributed by atoms with van der Waals surface area (Å²) in [5, 5.41) is 18.5. The molecule has 0 radical (unpaired) electrons. The summed E-state index contributed by atoms with van der Waals surface area (Å²) in [5.41, 5.74) is 1.82. The molecular formula is C25H26N2O3S. The minimum Gasteiger partial charge on any atom is -0.491 e. The third-order valence-electron chi connectivity index (χ3n) is 5.17. The van der Waals surface area contributed by atoms with Crippen LogP contribution in [-0.2, 0) is 12.0 Å². The summed E-state index contributed by atoms with van der Waals surface area (Å²) in [7, 11) is 0. The number of hydrogen-bond donors (Lipinski definition) is 1. The van der Waals surface area contributed by atoms with E-state index < -0.39 is 6.10 Å². The molecule has 0 amide bonds. The molecule has 1 atom stereocenters. The van der Waals surface area contributed by atoms with Crippen LogP contribution in [-0.4, -0.2) is 27.6 Å². The molecule has 2 aromatic heterocycles. The molecule has 2 aromatic carbocycles. The predicted octanol–water partition coefficient (Wildman–Crippen LogP) is 4.86. The molecule has 4 rings (SSSR count). The van der Waals surface area contributed by atoms with E-state index in [0.29, 0.717) is 11.1 Å². The van der Waals surface area contributed by atoms with E-state index in [1.807, 2.05) is 60.0 Å². The van der Waals surface area contributed by atoms with Gasteiger partial charge >= 0.3 is 0 Å². The first kappa shape index (κ1) is 21.3. The summed E-state index contributed by atoms with van der Waals surface area (Å²) >= 11 is 1.57. The van der Waals surface area contributed by atoms with Crippen LogP contribution in [0.5, 0.6) is 5.75 Å². The second kappa shape index (κ2) is 8.65. The van der Waals surface area contributed by atoms with E-state index >= 15 is 0 Å². The van der Waals surface area contributed by atoms with Crippen molar-refractivity contribution in [3.8, 4) is 16.3 Å². The number of aliphatic hydroxyl groups is 1. The third kappa shape index (κ3) is 4.70. The molecule has 0 fully saturated rings. The van der Waals surface area contributed by atoms with Gasteiger partial charge in [0.1, 0.15) is 24.2 Å². The van der Waals surface area contributed by atoms with Crippen molar-refractivity contribution in [2.45, 2.75) is 38.8 Å². The number of nitrogens with zero attached hydrogens (tertiary/aromatic N) is 2. The zero-order chi connectivity index (χ0) is 22.0. The van der Waals surface area contributed by atoms with E-state index in [1.165, 1.54) is 10.2 Å². The number of hydrogen-bond acceptors (Lipinski definition) is 5. The largest absolute Gasteiger partial charge is 0.491 e. The Bertz CT molecular complexity index is 1220. The highest BCUT2D eigenvalue weighted by molar-refractivity contribution is 7.13. The maximum atomic E-state index is 12.9. The van der Waals surface area contributed by atoms with E-state index in [0.717, 1.165) is 16.0 Å². The number of ether oxygens (including phenoxy) is 1. The van der Waals surface area contributed by atoms with Crippen molar-refractivity contribution in [1.29, 1.82) is 0 Å². The smallest absolute Gasteiger partial charge is 0.274 e. The summed E-state index contributed by atoms with van der Waals surface area (Å²) < 4.78 is 7.09. The Morgan fingerprint density at radius 3 is 2.39 bits per heavy atom. The summed E-state index contributed by atoms with van der Waals surface area (Å²) in [5.74, 6) is 0.685. The fourth-order valence-electron chi connectivity index (χ4n) is 3.45. The summed E-state index contributed by atoms with van der Waals surface area (Å²) in [6, 6.07) is 19.3. The second-order valence-electron chi connectivity index (χ2n) is 8.60. The first-order valence-corrected chi connectivity index (χ1v) is 11.2. The average molecular weight is 435 g/mol. The quantitative estimate of drug-likeness (QED) is 0.471. The van der Waals surface area contributed by atoms with Crippen molar-refractivity contribution in [1.82, 2.24) is 9.78 Å². The molecule has 0 aliphatic carbocycles. The van der Waals surface area contributed by atoms with Gasteiger partial charge in [0, 0.05) is 5.39 Å². The van der Waals surface area contributed by atoms with Crippen LogP contribution in [0, 0.1) is 0 Å². The van der Waals surface area contributed by atoms with Crippen molar-refractivity contribution < 1.29 is 9.84 Å². The lowest BCUT2D eigenvalue weighted by molar-refractivity contribution is 0.0882. The number of benzene rings is 2. The Balaban J connectivity index is 1.53. The summed E-state index contributed by atoms with van der Waals surface area (Å²) in [6.07, 6.45) is -0.871. The summed E-state index contributed by atoms with van der Waals surface area (Å²) in [4.78, 5) is 13.9. The zero-order valence-electron chi connectivity index (χ0n) is 17.9. The van der Waals surface area contributed by atoms with Crippen LogP contribution in [0.4, 0.5) is 0 Å². The number of aromatic nitrogens is 2. The number of thiophene rings is 1. The van der Waals surface area contributed by atoms with Crippen molar-refractivity contribution in [2.75, 3.05) is 6.61 Å². The van der Waals surface area contributed by atoms with Crippen LogP contribution < -0.4 is 10.3 Å². The van der Waals surface area contributed by atoms with Gasteiger partial charge in [0.25, 0.3) is 5.56 Å². The van der Waals surface area contributed by atoms with Gasteiger partial charge in [-0.1, -0.05) is 57.2 Å². The minimum atomic E-state index is -0.871. The monoisotopic (exact) mass is 434 g/mol. The molecule has 0 aliphatic heterocycles. The van der Waals surface area contributed by atoms with Crippen molar-refractivity contribution in [2.24, 2.45) is 0 Å². The van der Waals surface area contributed by atoms with Gasteiger partial charge in [0.05, 0.1) is 16.8 Å². The molecule has 0 saturated heterocycles. The van der Waals surface area contributed by atoms with Crippen LogP contribution in [0.1, 0.15) is 26.3 Å². The maximum Gasteiger partial charge on any atom is 0.274 e. The van der Waals surface area contributed by atoms with Crippen LogP contribution in [0.3, 0.4) is 0 Å². The topological polar surface area (TPSA) is 64.3 Å². The Morgan fingerprint density at radius 2 is 1.74 bits per heavy atom. The molecule has 4 aromatic rings. The molecular weight excluding hydrogens is 408 g/mol. The maximum absolute atomic E-state index is 12.9. The molecule has 31 heavy (non-hydrogen) atoms. The lowest BCUT2D eigenvalue weighted by Crippen LogP contribution is -2.32. The van der Waals surface area contributed by atoms with Crippen molar-refractivity contribution in [3.63, 3.8) is 0 Å². The molecule has 1 unspecified atom stereocenters. The molecule has 6 heteroatoms. The van der Waals surface area contributed by atoms with E-state index in [1.54, 1.807) is 17.4 Å². The van der Waals surface area contributed by atoms with E-state index in [-0.39, 0.29) is 24.1 Å². The van der Waals surface area contributed by atoms with Gasteiger partial charge in [0.2, 0.25) is 0 Å². The highest BCUT2D eigenvalue weighted by Gasteiger charge is 2.16. The first-order valence-electron chi connectivity index (χ1n) is 10.3. The van der Waals surface area contributed by atoms with E-state index in [9.17, 15) is 9.90 Å². The Kier molecular flexibility index (Phi) is 5.94. The van der Waals surface area contributed by atoms with Gasteiger partial charge in [-0.3, -0.25) is 4.79 Å². The number of fused-ring (bicyclic) bond motifs is 1. The third-order valence-corrected chi connectivity index (χ3v) is 6.05. The zero-order valence-corrected chi connectivity index (χ0v) is 18.7. The summed E-state index contributed by atoms with van der Waals surface area (Å²) in [6.45, 7) is 6.61. The minimum absolute atomic E-state index is 0.0577. The molecule has 0 aliphatic rings. The van der Waals surface area contributed by atoms with Gasteiger partial charge in [-0.15, -0.1) is 11.3 Å². The Labute approximate surface area is 185 Å². The Morgan fingerprint density at radius 1 is 1.03 bits per heavy atom. The van der Waals surface area contributed by atoms with Crippen LogP contribution in [0.15, 0.2) is 70.8 Å². The molecule has 160 valence electrons. The highest BCUT2D eigenvalue weighted by Crippen LogP contribution is 2.28. The molecule has 1 N–H and O–H groups in total. The SMILES string of the molecule is CC(C)(C)c1ccc(OCC(O)Cn2nc(-c3cccs3)c3ccccc3c2=O)cc1. The van der Waals surface area contributed by atoms with Gasteiger partial charge < -0.3 is 9.84 Å². The molecule has 5 nitrogen and oxygen atoms in total. The van der Waals surface area contributed by atoms with Crippen molar-refractivity contribution in [3.05, 3.63) is 82.0 Å². The van der Waals surface area contributed by atoms with E-state index in [2.05, 4.69) is 25.9 Å². The van der Waals surface area contributed by atoms with E-state index in [4.69, 9.17) is 4.74 Å². The van der Waals surface area contributed by atoms with Gasteiger partial charge in [0.15, 0.2) is 0 Å². The average Bonchev–Trinajstić information content (AvgIpc) is 3.29. The van der Waals surface area contributed by atoms with Crippen LogP contribution in [0.25, 0.3) is 21.3 Å². The van der Waals surface area contributed by atoms with Crippen LogP contribution >= 0.6 is 11.3 Å². The van der Waals surface area contributed by atoms with Gasteiger partial charge in [-0.2, -0.15) is 5.10 Å². The van der Waals surface area contributed by atoms with Gasteiger partial charge in [-0.25, -0.2) is 4.68 Å². The lowest BCUT2D eigenvalue weighted by atomic mass is 9.87. The lowest BCUT2D eigenvalue weighted by Gasteiger charge is -2.19. The fraction of sp³-hybridized carbons (Fsp3) is 0.280. The van der Waals surface area contributed by atoms with Crippen LogP contribution in [0.2, 0.25) is 0 Å². The predicted molar refractivity (Wildman–Crippen MR) is 126 cm³/mol. The molecule has 0 bridgehead atoms. The van der Waals surface area contributed by atoms with Crippen molar-refractivity contribution >= 4 is 22.1 Å². The Hall–Kier alpha value is -2.96. The normalized spacial score (nSPS) is 12.8. The molecule has 2 heterocycles. The first-order chi connectivity index (χ1) is 14.8. The number of rotatable bonds is 6. The molecule has 0 spiro atoms. The highest BCUT2D eigenvalue weighted by atomic mass is 32.1.